The van der Waals surface area contributed by atoms with Crippen LogP contribution in [0.2, 0.25) is 0 Å². The molecule has 0 saturated carbocycles. The van der Waals surface area contributed by atoms with Crippen LogP contribution in [0.3, 0.4) is 0 Å². The topological polar surface area (TPSA) is 24.7 Å². The molecule has 115 valence electrons. The Balaban J connectivity index is 0.000000541. The quantitative estimate of drug-likeness (QED) is 0.444. The van der Waals surface area contributed by atoms with Crippen LogP contribution in [0.25, 0.3) is 0 Å². The van der Waals surface area contributed by atoms with Crippen molar-refractivity contribution in [1.82, 2.24) is 0 Å². The second-order valence-electron chi connectivity index (χ2n) is 4.44. The Bertz CT molecular complexity index is 552. The maximum atomic E-state index is 5.02. The standard InChI is InChI=1S/C16H16N2.3ClH.Nd/c1-13-3-7-15(8-4-13)17-11-12-18-16-9-5-14(2)6-10-16;;;;/h3-12H,1-2H3;3*1H;/q;;;;+3/p-3. The van der Waals surface area contributed by atoms with E-state index in [-0.39, 0.29) is 0 Å². The first-order valence-electron chi connectivity index (χ1n) is 6.51. The van der Waals surface area contributed by atoms with Crippen molar-refractivity contribution in [1.29, 1.82) is 0 Å². The summed E-state index contributed by atoms with van der Waals surface area (Å²) in [4.78, 5) is 8.61. The summed E-state index contributed by atoms with van der Waals surface area (Å²) in [5.41, 5.74) is 4.36. The number of hydrogen-bond donors (Lipinski definition) is 0. The van der Waals surface area contributed by atoms with Crippen LogP contribution >= 0.6 is 17.4 Å². The Hall–Kier alpha value is 0.000649. The second kappa shape index (κ2) is 11.5. The molecule has 2 rings (SSSR count). The van der Waals surface area contributed by atoms with Crippen molar-refractivity contribution in [3.05, 3.63) is 59.7 Å². The number of aliphatic imine (C=N–C) groups is 2. The third-order valence-corrected chi connectivity index (χ3v) is 2.58. The van der Waals surface area contributed by atoms with Crippen molar-refractivity contribution in [3.63, 3.8) is 0 Å². The Morgan fingerprint density at radius 1 is 0.682 bits per heavy atom. The van der Waals surface area contributed by atoms with E-state index < -0.39 is 29.9 Å². The van der Waals surface area contributed by atoms with Gasteiger partial charge in [-0.2, -0.15) is 0 Å². The van der Waals surface area contributed by atoms with Crippen LogP contribution in [0.15, 0.2) is 58.5 Å². The van der Waals surface area contributed by atoms with Crippen LogP contribution in [-0.2, 0) is 0 Å². The van der Waals surface area contributed by atoms with Crippen LogP contribution in [-0.4, -0.2) is 12.4 Å². The van der Waals surface area contributed by atoms with Crippen molar-refractivity contribution in [2.45, 2.75) is 13.8 Å². The molecule has 0 radical (unpaired) electrons. The minimum absolute atomic E-state index is 0.941. The first-order valence-corrected chi connectivity index (χ1v) is 18.6. The molecule has 0 saturated heterocycles. The summed E-state index contributed by atoms with van der Waals surface area (Å²) in [6, 6.07) is 16.1. The fourth-order valence-electron chi connectivity index (χ4n) is 1.50. The van der Waals surface area contributed by atoms with E-state index in [2.05, 4.69) is 23.8 Å². The number of halogens is 3. The summed E-state index contributed by atoms with van der Waals surface area (Å²) in [5, 5.41) is 0. The van der Waals surface area contributed by atoms with E-state index in [0.29, 0.717) is 0 Å². The van der Waals surface area contributed by atoms with Gasteiger partial charge in [-0.25, -0.2) is 0 Å². The van der Waals surface area contributed by atoms with E-state index in [9.17, 15) is 0 Å². The van der Waals surface area contributed by atoms with Crippen LogP contribution < -0.4 is 0 Å². The average molecular weight is 487 g/mol. The van der Waals surface area contributed by atoms with Crippen molar-refractivity contribution in [3.8, 4) is 0 Å². The molecular weight excluding hydrogens is 471 g/mol. The van der Waals surface area contributed by atoms with Crippen LogP contribution in [0.1, 0.15) is 11.1 Å². The van der Waals surface area contributed by atoms with E-state index >= 15 is 0 Å². The molecule has 0 amide bonds. The predicted molar refractivity (Wildman–Crippen MR) is 96.2 cm³/mol. The van der Waals surface area contributed by atoms with Crippen molar-refractivity contribution < 1.29 is 29.9 Å². The number of rotatable bonds is 3. The van der Waals surface area contributed by atoms with Crippen molar-refractivity contribution in [2.75, 3.05) is 0 Å². The number of benzene rings is 2. The van der Waals surface area contributed by atoms with Gasteiger partial charge in [0.1, 0.15) is 0 Å². The molecule has 0 fully saturated rings. The molecule has 0 aliphatic carbocycles. The zero-order chi connectivity index (χ0) is 16.4. The zero-order valence-electron chi connectivity index (χ0n) is 12.3. The molecule has 0 spiro atoms. The van der Waals surface area contributed by atoms with Crippen LogP contribution in [0.5, 0.6) is 0 Å². The first kappa shape index (κ1) is 20.0. The Kier molecular flexibility index (Phi) is 10.5. The monoisotopic (exact) mass is 483 g/mol. The molecule has 2 aromatic carbocycles. The minimum atomic E-state index is -2.24. The van der Waals surface area contributed by atoms with Gasteiger partial charge in [-0.1, -0.05) is 35.4 Å². The predicted octanol–water partition coefficient (Wildman–Crippen LogP) is 6.48. The Labute approximate surface area is 152 Å². The van der Waals surface area contributed by atoms with Gasteiger partial charge in [0.25, 0.3) is 0 Å². The molecule has 2 nitrogen and oxygen atoms in total. The summed E-state index contributed by atoms with van der Waals surface area (Å²) in [6.07, 6.45) is 3.43. The summed E-state index contributed by atoms with van der Waals surface area (Å²) in [6.45, 7) is 4.12. The molecule has 0 heterocycles. The normalized spacial score (nSPS) is 10.6. The summed E-state index contributed by atoms with van der Waals surface area (Å²) in [5.74, 6) is 15.1. The molecule has 0 aromatic heterocycles. The van der Waals surface area contributed by atoms with E-state index in [0.717, 1.165) is 11.4 Å². The van der Waals surface area contributed by atoms with Gasteiger partial charge in [-0.05, 0) is 38.1 Å². The molecule has 6 heteroatoms. The third kappa shape index (κ3) is 9.90. The van der Waals surface area contributed by atoms with Gasteiger partial charge in [-0.15, -0.1) is 0 Å². The SMILES string of the molecule is Cc1ccc(N=CC=Nc2ccc(C)cc2)cc1.[Cl][Nd]([Cl])[Cl]. The van der Waals surface area contributed by atoms with Crippen molar-refractivity contribution in [2.24, 2.45) is 9.98 Å². The molecule has 2 aromatic rings. The molecular formula is C16H16Cl3N2Nd. The molecule has 22 heavy (non-hydrogen) atoms. The van der Waals surface area contributed by atoms with Gasteiger partial charge in [0.05, 0.1) is 11.4 Å². The summed E-state index contributed by atoms with van der Waals surface area (Å²) < 4.78 is 0. The summed E-state index contributed by atoms with van der Waals surface area (Å²) in [7, 11) is 0. The van der Waals surface area contributed by atoms with E-state index in [1.165, 1.54) is 11.1 Å². The maximum absolute atomic E-state index is 5.02. The Morgan fingerprint density at radius 3 is 1.23 bits per heavy atom. The van der Waals surface area contributed by atoms with E-state index in [1.54, 1.807) is 12.4 Å². The number of nitrogens with zero attached hydrogens (tertiary/aromatic N) is 2. The molecule has 0 aliphatic heterocycles. The third-order valence-electron chi connectivity index (χ3n) is 2.58. The Morgan fingerprint density at radius 2 is 0.955 bits per heavy atom. The first-order chi connectivity index (χ1) is 10.5. The van der Waals surface area contributed by atoms with Crippen molar-refractivity contribution >= 4 is 41.2 Å². The zero-order valence-corrected chi connectivity index (χ0v) is 17.8. The van der Waals surface area contributed by atoms with Gasteiger partial charge in [0.15, 0.2) is 0 Å². The van der Waals surface area contributed by atoms with Gasteiger partial charge >= 0.3 is 47.3 Å². The van der Waals surface area contributed by atoms with E-state index in [1.807, 2.05) is 48.5 Å². The fourth-order valence-corrected chi connectivity index (χ4v) is 1.50. The number of aryl methyl sites for hydroxylation is 2. The van der Waals surface area contributed by atoms with Gasteiger partial charge in [0.2, 0.25) is 0 Å². The van der Waals surface area contributed by atoms with Crippen LogP contribution in [0.4, 0.5) is 11.4 Å². The average Bonchev–Trinajstić information content (AvgIpc) is 2.47. The molecule has 0 N–H and O–H groups in total. The van der Waals surface area contributed by atoms with Crippen LogP contribution in [0, 0.1) is 43.8 Å². The van der Waals surface area contributed by atoms with Gasteiger partial charge in [0, 0.05) is 12.4 Å². The molecule has 0 atom stereocenters. The van der Waals surface area contributed by atoms with Gasteiger partial charge < -0.3 is 0 Å². The second-order valence-corrected chi connectivity index (χ2v) is 18.5. The van der Waals surface area contributed by atoms with E-state index in [4.69, 9.17) is 17.4 Å². The van der Waals surface area contributed by atoms with Gasteiger partial charge in [-0.3, -0.25) is 9.98 Å². The number of hydrogen-bond acceptors (Lipinski definition) is 2. The summed E-state index contributed by atoms with van der Waals surface area (Å²) >= 11 is -2.24. The molecule has 0 aliphatic rings. The fraction of sp³-hybridized carbons (Fsp3) is 0.125. The molecule has 0 bridgehead atoms. The molecule has 0 unspecified atom stereocenters.